The molecule has 2 amide bonds. The highest BCUT2D eigenvalue weighted by Crippen LogP contribution is 2.17. The molecule has 1 aromatic rings. The number of benzene rings is 1. The molecule has 2 fully saturated rings. The van der Waals surface area contributed by atoms with E-state index in [1.54, 1.807) is 0 Å². The first-order valence-electron chi connectivity index (χ1n) is 11.8. The average Bonchev–Trinajstić information content (AvgIpc) is 2.79. The summed E-state index contributed by atoms with van der Waals surface area (Å²) in [5, 5.41) is 0.639. The number of hydrogen-bond acceptors (Lipinski definition) is 4. The quantitative estimate of drug-likeness (QED) is 0.613. The third-order valence-electron chi connectivity index (χ3n) is 6.66. The number of amides is 2. The molecule has 172 valence electrons. The van der Waals surface area contributed by atoms with Crippen molar-refractivity contribution in [2.24, 2.45) is 0 Å². The number of halogens is 1. The standard InChI is InChI=1S/C24H37ClN4O2/c1-3-7-21(4-2)27-14-16-29(17-15-27)24(31)19-26-10-12-28(13-11-26)23(30)18-20-8-5-6-9-22(20)25/h5-6,8-9,21H,3-4,7,10-19H2,1-2H3. The molecule has 0 spiro atoms. The first kappa shape index (κ1) is 24.0. The van der Waals surface area contributed by atoms with Crippen molar-refractivity contribution in [2.75, 3.05) is 58.9 Å². The Bertz CT molecular complexity index is 728. The summed E-state index contributed by atoms with van der Waals surface area (Å²) in [7, 11) is 0. The molecule has 0 aliphatic carbocycles. The molecule has 6 nitrogen and oxygen atoms in total. The van der Waals surface area contributed by atoms with Crippen LogP contribution in [0.15, 0.2) is 24.3 Å². The van der Waals surface area contributed by atoms with Crippen molar-refractivity contribution >= 4 is 23.4 Å². The predicted molar refractivity (Wildman–Crippen MR) is 125 cm³/mol. The molecule has 1 unspecified atom stereocenters. The lowest BCUT2D eigenvalue weighted by Crippen LogP contribution is -2.55. The van der Waals surface area contributed by atoms with Crippen molar-refractivity contribution in [3.8, 4) is 0 Å². The van der Waals surface area contributed by atoms with E-state index in [0.717, 1.165) is 44.8 Å². The Balaban J connectivity index is 1.39. The van der Waals surface area contributed by atoms with Crippen LogP contribution in [0, 0.1) is 0 Å². The van der Waals surface area contributed by atoms with Gasteiger partial charge in [0.1, 0.15) is 0 Å². The highest BCUT2D eigenvalue weighted by molar-refractivity contribution is 6.31. The van der Waals surface area contributed by atoms with Gasteiger partial charge in [0.25, 0.3) is 0 Å². The number of piperazine rings is 2. The maximum atomic E-state index is 12.8. The highest BCUT2D eigenvalue weighted by Gasteiger charge is 2.27. The van der Waals surface area contributed by atoms with E-state index >= 15 is 0 Å². The lowest BCUT2D eigenvalue weighted by atomic mass is 10.1. The van der Waals surface area contributed by atoms with Crippen LogP contribution in [0.5, 0.6) is 0 Å². The van der Waals surface area contributed by atoms with Gasteiger partial charge in [0, 0.05) is 63.4 Å². The topological polar surface area (TPSA) is 47.1 Å². The molecular formula is C24H37ClN4O2. The van der Waals surface area contributed by atoms with Crippen LogP contribution < -0.4 is 0 Å². The SMILES string of the molecule is CCCC(CC)N1CCN(C(=O)CN2CCN(C(=O)Cc3ccccc3Cl)CC2)CC1. The Morgan fingerprint density at radius 3 is 2.13 bits per heavy atom. The molecule has 1 aromatic carbocycles. The molecule has 0 N–H and O–H groups in total. The minimum Gasteiger partial charge on any atom is -0.340 e. The lowest BCUT2D eigenvalue weighted by molar-refractivity contribution is -0.136. The summed E-state index contributed by atoms with van der Waals surface area (Å²) in [6, 6.07) is 8.15. The molecule has 3 rings (SSSR count). The first-order valence-corrected chi connectivity index (χ1v) is 12.1. The van der Waals surface area contributed by atoms with E-state index in [9.17, 15) is 9.59 Å². The van der Waals surface area contributed by atoms with Gasteiger partial charge in [0.05, 0.1) is 13.0 Å². The van der Waals surface area contributed by atoms with Crippen LogP contribution >= 0.6 is 11.6 Å². The van der Waals surface area contributed by atoms with Crippen LogP contribution in [0.25, 0.3) is 0 Å². The van der Waals surface area contributed by atoms with Crippen LogP contribution in [0.4, 0.5) is 0 Å². The van der Waals surface area contributed by atoms with Gasteiger partial charge in [-0.15, -0.1) is 0 Å². The summed E-state index contributed by atoms with van der Waals surface area (Å²) in [5.74, 6) is 0.326. The normalized spacial score (nSPS) is 19.5. The first-order chi connectivity index (χ1) is 15.0. The lowest BCUT2D eigenvalue weighted by Gasteiger charge is -2.40. The fraction of sp³-hybridized carbons (Fsp3) is 0.667. The smallest absolute Gasteiger partial charge is 0.236 e. The van der Waals surface area contributed by atoms with Crippen LogP contribution in [-0.2, 0) is 16.0 Å². The molecule has 0 radical (unpaired) electrons. The van der Waals surface area contributed by atoms with E-state index in [1.807, 2.05) is 34.1 Å². The maximum absolute atomic E-state index is 12.8. The molecule has 0 bridgehead atoms. The Kier molecular flexibility index (Phi) is 9.17. The molecule has 0 saturated carbocycles. The van der Waals surface area contributed by atoms with Crippen molar-refractivity contribution < 1.29 is 9.59 Å². The fourth-order valence-electron chi connectivity index (χ4n) is 4.68. The monoisotopic (exact) mass is 448 g/mol. The van der Waals surface area contributed by atoms with Gasteiger partial charge in [-0.05, 0) is 24.5 Å². The van der Waals surface area contributed by atoms with Gasteiger partial charge in [-0.2, -0.15) is 0 Å². The van der Waals surface area contributed by atoms with E-state index < -0.39 is 0 Å². The molecular weight excluding hydrogens is 412 g/mol. The number of nitrogens with zero attached hydrogens (tertiary/aromatic N) is 4. The van der Waals surface area contributed by atoms with Crippen molar-refractivity contribution in [2.45, 2.75) is 45.6 Å². The summed E-state index contributed by atoms with van der Waals surface area (Å²) in [6.07, 6.45) is 3.97. The van der Waals surface area contributed by atoms with Crippen LogP contribution in [0.1, 0.15) is 38.7 Å². The second-order valence-electron chi connectivity index (χ2n) is 8.69. The Morgan fingerprint density at radius 1 is 0.903 bits per heavy atom. The minimum atomic E-state index is 0.104. The number of rotatable bonds is 8. The summed E-state index contributed by atoms with van der Waals surface area (Å²) in [5.41, 5.74) is 0.871. The van der Waals surface area contributed by atoms with Gasteiger partial charge in [-0.1, -0.05) is 50.1 Å². The largest absolute Gasteiger partial charge is 0.340 e. The summed E-state index contributed by atoms with van der Waals surface area (Å²) < 4.78 is 0. The molecule has 1 atom stereocenters. The Hall–Kier alpha value is -1.63. The molecule has 2 aliphatic heterocycles. The number of carbonyl (C=O) groups excluding carboxylic acids is 2. The van der Waals surface area contributed by atoms with Crippen molar-refractivity contribution in [1.82, 2.24) is 19.6 Å². The van der Waals surface area contributed by atoms with Crippen molar-refractivity contribution in [3.63, 3.8) is 0 Å². The second-order valence-corrected chi connectivity index (χ2v) is 9.10. The van der Waals surface area contributed by atoms with E-state index in [1.165, 1.54) is 19.3 Å². The van der Waals surface area contributed by atoms with Crippen molar-refractivity contribution in [1.29, 1.82) is 0 Å². The van der Waals surface area contributed by atoms with Gasteiger partial charge >= 0.3 is 0 Å². The fourth-order valence-corrected chi connectivity index (χ4v) is 4.88. The molecule has 2 heterocycles. The highest BCUT2D eigenvalue weighted by atomic mass is 35.5. The zero-order valence-electron chi connectivity index (χ0n) is 19.1. The molecule has 0 aromatic heterocycles. The van der Waals surface area contributed by atoms with Crippen LogP contribution in [-0.4, -0.2) is 96.4 Å². The molecule has 2 aliphatic rings. The zero-order chi connectivity index (χ0) is 22.2. The molecule has 7 heteroatoms. The van der Waals surface area contributed by atoms with Gasteiger partial charge in [0.2, 0.25) is 11.8 Å². The molecule has 31 heavy (non-hydrogen) atoms. The van der Waals surface area contributed by atoms with Crippen LogP contribution in [0.3, 0.4) is 0 Å². The summed E-state index contributed by atoms with van der Waals surface area (Å²) >= 11 is 6.19. The zero-order valence-corrected chi connectivity index (χ0v) is 19.8. The third-order valence-corrected chi connectivity index (χ3v) is 7.03. The van der Waals surface area contributed by atoms with Crippen LogP contribution in [0.2, 0.25) is 5.02 Å². The predicted octanol–water partition coefficient (Wildman–Crippen LogP) is 2.75. The maximum Gasteiger partial charge on any atom is 0.236 e. The minimum absolute atomic E-state index is 0.104. The molecule has 2 saturated heterocycles. The number of hydrogen-bond donors (Lipinski definition) is 0. The van der Waals surface area contributed by atoms with Gasteiger partial charge in [0.15, 0.2) is 0 Å². The number of carbonyl (C=O) groups is 2. The summed E-state index contributed by atoms with van der Waals surface area (Å²) in [4.78, 5) is 34.1. The third kappa shape index (κ3) is 6.67. The van der Waals surface area contributed by atoms with E-state index in [4.69, 9.17) is 11.6 Å². The summed E-state index contributed by atoms with van der Waals surface area (Å²) in [6.45, 7) is 11.4. The Morgan fingerprint density at radius 2 is 1.52 bits per heavy atom. The Labute approximate surface area is 192 Å². The van der Waals surface area contributed by atoms with Gasteiger partial charge < -0.3 is 9.80 Å². The van der Waals surface area contributed by atoms with Crippen molar-refractivity contribution in [3.05, 3.63) is 34.9 Å². The van der Waals surface area contributed by atoms with Gasteiger partial charge in [-0.3, -0.25) is 19.4 Å². The van der Waals surface area contributed by atoms with Gasteiger partial charge in [-0.25, -0.2) is 0 Å². The van der Waals surface area contributed by atoms with E-state index in [-0.39, 0.29) is 11.8 Å². The second kappa shape index (κ2) is 11.8. The van der Waals surface area contributed by atoms with E-state index in [0.29, 0.717) is 37.1 Å². The average molecular weight is 449 g/mol. The van der Waals surface area contributed by atoms with E-state index in [2.05, 4.69) is 23.6 Å².